The van der Waals surface area contributed by atoms with Gasteiger partial charge in [0.25, 0.3) is 0 Å². The molecule has 1 atom stereocenters. The van der Waals surface area contributed by atoms with Crippen molar-refractivity contribution in [2.75, 3.05) is 13.7 Å². The summed E-state index contributed by atoms with van der Waals surface area (Å²) in [5, 5.41) is 6.69. The van der Waals surface area contributed by atoms with Crippen molar-refractivity contribution in [3.8, 4) is 11.5 Å². The highest BCUT2D eigenvalue weighted by Gasteiger charge is 2.28. The summed E-state index contributed by atoms with van der Waals surface area (Å²) in [5.74, 6) is 1.37. The van der Waals surface area contributed by atoms with Gasteiger partial charge in [-0.3, -0.25) is 4.79 Å². The second-order valence-corrected chi connectivity index (χ2v) is 6.50. The summed E-state index contributed by atoms with van der Waals surface area (Å²) in [5.41, 5.74) is 2.36. The third-order valence-corrected chi connectivity index (χ3v) is 4.39. The first-order chi connectivity index (χ1) is 12.0. The number of nitrogens with one attached hydrogen (secondary N) is 2. The van der Waals surface area contributed by atoms with E-state index in [9.17, 15) is 4.79 Å². The van der Waals surface area contributed by atoms with Crippen LogP contribution in [0, 0.1) is 0 Å². The maximum absolute atomic E-state index is 12.1. The smallest absolute Gasteiger partial charge is 0.171 e. The molecule has 0 spiro atoms. The molecule has 136 valence electrons. The maximum atomic E-state index is 12.1. The van der Waals surface area contributed by atoms with Gasteiger partial charge in [0.15, 0.2) is 22.4 Å². The normalized spacial score (nSPS) is 17.0. The lowest BCUT2D eigenvalue weighted by Crippen LogP contribution is -2.44. The number of unbranched alkanes of at least 4 members (excludes halogenated alkanes) is 2. The predicted molar refractivity (Wildman–Crippen MR) is 103 cm³/mol. The highest BCUT2D eigenvalue weighted by molar-refractivity contribution is 7.80. The summed E-state index contributed by atoms with van der Waals surface area (Å²) in [6, 6.07) is 5.44. The Morgan fingerprint density at radius 3 is 2.68 bits per heavy atom. The molecule has 6 heteroatoms. The predicted octanol–water partition coefficient (Wildman–Crippen LogP) is 3.65. The summed E-state index contributed by atoms with van der Waals surface area (Å²) >= 11 is 5.24. The topological polar surface area (TPSA) is 59.6 Å². The molecule has 0 amide bonds. The first-order valence-corrected chi connectivity index (χ1v) is 8.98. The number of ether oxygens (including phenoxy) is 2. The van der Waals surface area contributed by atoms with E-state index in [1.807, 2.05) is 25.1 Å². The fraction of sp³-hybridized carbons (Fsp3) is 0.474. The zero-order valence-electron chi connectivity index (χ0n) is 15.3. The van der Waals surface area contributed by atoms with Gasteiger partial charge in [-0.1, -0.05) is 25.8 Å². The van der Waals surface area contributed by atoms with Crippen LogP contribution in [0.1, 0.15) is 51.6 Å². The molecule has 1 aliphatic heterocycles. The van der Waals surface area contributed by atoms with E-state index in [4.69, 9.17) is 21.7 Å². The standard InChI is InChI=1S/C19H26N2O3S/c1-5-6-7-10-24-15-9-8-14(11-16(15)23-4)18-17(13(3)22)12(2)20-19(25)21-18/h8-9,11,18H,5-7,10H2,1-4H3,(H2,20,21,25). The largest absolute Gasteiger partial charge is 0.493 e. The molecule has 1 aliphatic rings. The van der Waals surface area contributed by atoms with Crippen LogP contribution in [0.15, 0.2) is 29.5 Å². The van der Waals surface area contributed by atoms with Crippen LogP contribution < -0.4 is 20.1 Å². The van der Waals surface area contributed by atoms with Crippen LogP contribution in [0.5, 0.6) is 11.5 Å². The molecule has 0 radical (unpaired) electrons. The van der Waals surface area contributed by atoms with Crippen LogP contribution in [-0.2, 0) is 4.79 Å². The highest BCUT2D eigenvalue weighted by Crippen LogP contribution is 2.34. The minimum Gasteiger partial charge on any atom is -0.493 e. The van der Waals surface area contributed by atoms with Crippen LogP contribution in [0.25, 0.3) is 0 Å². The fourth-order valence-corrected chi connectivity index (χ4v) is 3.20. The number of methoxy groups -OCH3 is 1. The summed E-state index contributed by atoms with van der Waals surface area (Å²) in [4.78, 5) is 12.1. The van der Waals surface area contributed by atoms with Crippen molar-refractivity contribution in [1.82, 2.24) is 10.6 Å². The van der Waals surface area contributed by atoms with E-state index < -0.39 is 0 Å². The quantitative estimate of drug-likeness (QED) is 0.544. The van der Waals surface area contributed by atoms with E-state index in [0.717, 1.165) is 30.5 Å². The molecule has 2 rings (SSSR count). The second kappa shape index (κ2) is 8.85. The van der Waals surface area contributed by atoms with E-state index in [-0.39, 0.29) is 11.8 Å². The molecule has 0 fully saturated rings. The van der Waals surface area contributed by atoms with Crippen molar-refractivity contribution in [3.05, 3.63) is 35.0 Å². The first kappa shape index (κ1) is 19.2. The number of rotatable bonds is 8. The van der Waals surface area contributed by atoms with E-state index in [2.05, 4.69) is 17.6 Å². The number of ketones is 1. The fourth-order valence-electron chi connectivity index (χ4n) is 2.93. The maximum Gasteiger partial charge on any atom is 0.171 e. The van der Waals surface area contributed by atoms with Gasteiger partial charge in [0, 0.05) is 11.3 Å². The molecule has 25 heavy (non-hydrogen) atoms. The summed E-state index contributed by atoms with van der Waals surface area (Å²) in [7, 11) is 1.62. The molecule has 1 unspecified atom stereocenters. The Hall–Kier alpha value is -2.08. The Morgan fingerprint density at radius 2 is 2.04 bits per heavy atom. The van der Waals surface area contributed by atoms with Gasteiger partial charge in [0.2, 0.25) is 0 Å². The van der Waals surface area contributed by atoms with E-state index in [1.54, 1.807) is 14.0 Å². The number of Topliss-reactive ketones (excluding diaryl/α,β-unsaturated/α-hetero) is 1. The number of benzene rings is 1. The minimum atomic E-state index is -0.297. The van der Waals surface area contributed by atoms with Gasteiger partial charge in [-0.2, -0.15) is 0 Å². The molecule has 0 aliphatic carbocycles. The SMILES string of the molecule is CCCCCOc1ccc(C2NC(=S)NC(C)=C2C(C)=O)cc1OC. The molecule has 1 aromatic carbocycles. The second-order valence-electron chi connectivity index (χ2n) is 6.09. The lowest BCUT2D eigenvalue weighted by molar-refractivity contribution is -0.114. The average molecular weight is 362 g/mol. The van der Waals surface area contributed by atoms with Crippen LogP contribution in [0.4, 0.5) is 0 Å². The third kappa shape index (κ3) is 4.72. The molecular formula is C19H26N2O3S. The molecular weight excluding hydrogens is 336 g/mol. The number of carbonyl (C=O) groups excluding carboxylic acids is 1. The van der Waals surface area contributed by atoms with Crippen molar-refractivity contribution in [2.45, 2.75) is 46.1 Å². The molecule has 0 bridgehead atoms. The monoisotopic (exact) mass is 362 g/mol. The van der Waals surface area contributed by atoms with Crippen LogP contribution >= 0.6 is 12.2 Å². The lowest BCUT2D eigenvalue weighted by Gasteiger charge is -2.30. The Kier molecular flexibility index (Phi) is 6.82. The van der Waals surface area contributed by atoms with Crippen LogP contribution in [0.2, 0.25) is 0 Å². The van der Waals surface area contributed by atoms with E-state index >= 15 is 0 Å². The molecule has 0 saturated heterocycles. The Labute approximate surface area is 154 Å². The highest BCUT2D eigenvalue weighted by atomic mass is 32.1. The van der Waals surface area contributed by atoms with Gasteiger partial charge >= 0.3 is 0 Å². The Morgan fingerprint density at radius 1 is 1.28 bits per heavy atom. The molecule has 0 saturated carbocycles. The number of carbonyl (C=O) groups is 1. The Balaban J connectivity index is 2.28. The van der Waals surface area contributed by atoms with Gasteiger partial charge in [0.05, 0.1) is 19.8 Å². The number of allylic oxidation sites excluding steroid dienone is 1. The van der Waals surface area contributed by atoms with Gasteiger partial charge in [-0.05, 0) is 50.2 Å². The van der Waals surface area contributed by atoms with Crippen molar-refractivity contribution >= 4 is 23.1 Å². The van der Waals surface area contributed by atoms with Crippen molar-refractivity contribution in [2.24, 2.45) is 0 Å². The van der Waals surface area contributed by atoms with Crippen molar-refractivity contribution in [3.63, 3.8) is 0 Å². The summed E-state index contributed by atoms with van der Waals surface area (Å²) in [6.45, 7) is 6.25. The van der Waals surface area contributed by atoms with E-state index in [1.165, 1.54) is 0 Å². The van der Waals surface area contributed by atoms with Crippen molar-refractivity contribution in [1.29, 1.82) is 0 Å². The molecule has 1 aromatic rings. The molecule has 5 nitrogen and oxygen atoms in total. The van der Waals surface area contributed by atoms with Gasteiger partial charge in [-0.25, -0.2) is 0 Å². The van der Waals surface area contributed by atoms with Gasteiger partial charge in [0.1, 0.15) is 0 Å². The van der Waals surface area contributed by atoms with Crippen LogP contribution in [-0.4, -0.2) is 24.6 Å². The van der Waals surface area contributed by atoms with E-state index in [0.29, 0.717) is 28.8 Å². The number of hydrogen-bond donors (Lipinski definition) is 2. The van der Waals surface area contributed by atoms with Crippen molar-refractivity contribution < 1.29 is 14.3 Å². The Bertz CT molecular complexity index is 685. The average Bonchev–Trinajstić information content (AvgIpc) is 2.57. The summed E-state index contributed by atoms with van der Waals surface area (Å²) in [6.07, 6.45) is 3.31. The molecule has 2 N–H and O–H groups in total. The lowest BCUT2D eigenvalue weighted by atomic mass is 9.93. The first-order valence-electron chi connectivity index (χ1n) is 8.57. The van der Waals surface area contributed by atoms with Gasteiger partial charge < -0.3 is 20.1 Å². The third-order valence-electron chi connectivity index (χ3n) is 4.17. The molecule has 0 aromatic heterocycles. The number of thiocarbonyl (C=S) groups is 1. The van der Waals surface area contributed by atoms with Crippen LogP contribution in [0.3, 0.4) is 0 Å². The molecule has 1 heterocycles. The van der Waals surface area contributed by atoms with Gasteiger partial charge in [-0.15, -0.1) is 0 Å². The minimum absolute atomic E-state index is 0.00357. The zero-order chi connectivity index (χ0) is 18.4. The number of hydrogen-bond acceptors (Lipinski definition) is 4. The zero-order valence-corrected chi connectivity index (χ0v) is 16.1. The summed E-state index contributed by atoms with van der Waals surface area (Å²) < 4.78 is 11.3.